The zero-order valence-corrected chi connectivity index (χ0v) is 10.2. The van der Waals surface area contributed by atoms with Crippen molar-refractivity contribution in [3.63, 3.8) is 0 Å². The number of aromatic nitrogens is 4. The van der Waals surface area contributed by atoms with Gasteiger partial charge in [0.05, 0.1) is 6.20 Å². The topological polar surface area (TPSA) is 92.9 Å². The van der Waals surface area contributed by atoms with Crippen LogP contribution < -0.4 is 5.73 Å². The maximum atomic E-state index is 8.90. The van der Waals surface area contributed by atoms with Crippen molar-refractivity contribution >= 4 is 11.6 Å². The highest BCUT2D eigenvalue weighted by atomic mass is 15.4. The molecule has 0 saturated carbocycles. The van der Waals surface area contributed by atoms with Crippen LogP contribution in [0.25, 0.3) is 17.2 Å². The lowest BCUT2D eigenvalue weighted by molar-refractivity contribution is 0.951. The maximum Gasteiger partial charge on any atom is 0.254 e. The zero-order valence-electron chi connectivity index (χ0n) is 10.2. The molecule has 0 aliphatic heterocycles. The Hall–Kier alpha value is -2.94. The van der Waals surface area contributed by atoms with Gasteiger partial charge in [-0.1, -0.05) is 29.8 Å². The third kappa shape index (κ3) is 1.77. The Labute approximate surface area is 109 Å². The summed E-state index contributed by atoms with van der Waals surface area (Å²) in [6.07, 6.45) is 1.40. The molecular weight excluding hydrogens is 240 g/mol. The number of nitrogens with zero attached hydrogens (tertiary/aromatic N) is 5. The van der Waals surface area contributed by atoms with Gasteiger partial charge in [-0.25, -0.2) is 4.98 Å². The number of rotatable bonds is 1. The predicted octanol–water partition coefficient (Wildman–Crippen LogP) is 1.55. The van der Waals surface area contributed by atoms with Crippen LogP contribution in [0.3, 0.4) is 0 Å². The first-order chi connectivity index (χ1) is 9.19. The van der Waals surface area contributed by atoms with Gasteiger partial charge in [0.1, 0.15) is 17.5 Å². The van der Waals surface area contributed by atoms with Gasteiger partial charge in [0.2, 0.25) is 0 Å². The molecule has 1 aromatic carbocycles. The predicted molar refractivity (Wildman–Crippen MR) is 70.1 cm³/mol. The Balaban J connectivity index is 2.20. The molecule has 0 aliphatic rings. The Morgan fingerprint density at radius 2 is 2.00 bits per heavy atom. The first-order valence-corrected chi connectivity index (χ1v) is 5.67. The van der Waals surface area contributed by atoms with E-state index < -0.39 is 0 Å². The summed E-state index contributed by atoms with van der Waals surface area (Å²) in [7, 11) is 0. The van der Waals surface area contributed by atoms with Gasteiger partial charge in [-0.3, -0.25) is 0 Å². The number of benzene rings is 1. The van der Waals surface area contributed by atoms with Crippen molar-refractivity contribution in [3.05, 3.63) is 41.6 Å². The number of nitrogens with two attached hydrogens (primary N) is 1. The quantitative estimate of drug-likeness (QED) is 0.707. The molecule has 2 heterocycles. The van der Waals surface area contributed by atoms with E-state index in [0.717, 1.165) is 11.1 Å². The maximum absolute atomic E-state index is 8.90. The highest BCUT2D eigenvalue weighted by Crippen LogP contribution is 2.18. The van der Waals surface area contributed by atoms with Crippen LogP contribution in [-0.4, -0.2) is 19.6 Å². The summed E-state index contributed by atoms with van der Waals surface area (Å²) in [5.41, 5.74) is 8.18. The standard InChI is InChI=1S/C13H10N6/c1-8-2-4-9(5-3-8)12-17-13-16-7-10(6-14)11(15)19(13)18-12/h2-5,7H,15H2,1H3. The molecule has 2 N–H and O–H groups in total. The van der Waals surface area contributed by atoms with Crippen LogP contribution in [0.15, 0.2) is 30.5 Å². The number of hydrogen-bond acceptors (Lipinski definition) is 5. The van der Waals surface area contributed by atoms with Crippen molar-refractivity contribution in [1.82, 2.24) is 19.6 Å². The molecule has 0 radical (unpaired) electrons. The first-order valence-electron chi connectivity index (χ1n) is 5.67. The minimum atomic E-state index is 0.248. The zero-order chi connectivity index (χ0) is 13.4. The number of aryl methyl sites for hydroxylation is 1. The summed E-state index contributed by atoms with van der Waals surface area (Å²) in [4.78, 5) is 8.36. The van der Waals surface area contributed by atoms with Gasteiger partial charge in [0, 0.05) is 5.56 Å². The van der Waals surface area contributed by atoms with Gasteiger partial charge in [0.15, 0.2) is 5.82 Å². The molecule has 6 heteroatoms. The third-order valence-electron chi connectivity index (χ3n) is 2.83. The van der Waals surface area contributed by atoms with Crippen LogP contribution in [0.4, 0.5) is 5.82 Å². The van der Waals surface area contributed by atoms with Crippen LogP contribution >= 0.6 is 0 Å². The molecule has 0 bridgehead atoms. The van der Waals surface area contributed by atoms with Crippen molar-refractivity contribution < 1.29 is 0 Å². The largest absolute Gasteiger partial charge is 0.382 e. The van der Waals surface area contributed by atoms with Crippen LogP contribution in [0.5, 0.6) is 0 Å². The van der Waals surface area contributed by atoms with Crippen LogP contribution in [0.2, 0.25) is 0 Å². The molecule has 0 amide bonds. The van der Waals surface area contributed by atoms with Gasteiger partial charge in [-0.15, -0.1) is 5.10 Å². The average molecular weight is 250 g/mol. The van der Waals surface area contributed by atoms with E-state index in [4.69, 9.17) is 11.0 Å². The van der Waals surface area contributed by atoms with Gasteiger partial charge < -0.3 is 5.73 Å². The van der Waals surface area contributed by atoms with Gasteiger partial charge in [-0.2, -0.15) is 14.8 Å². The second kappa shape index (κ2) is 4.07. The molecule has 92 valence electrons. The molecule has 0 fully saturated rings. The Bertz CT molecular complexity index is 794. The van der Waals surface area contributed by atoms with E-state index in [2.05, 4.69) is 15.1 Å². The second-order valence-corrected chi connectivity index (χ2v) is 4.18. The summed E-state index contributed by atoms with van der Waals surface area (Å²) in [5, 5.41) is 13.2. The number of nitrogen functional groups attached to an aromatic ring is 1. The fourth-order valence-corrected chi connectivity index (χ4v) is 1.76. The SMILES string of the molecule is Cc1ccc(-c2nc3ncc(C#N)c(N)n3n2)cc1. The molecule has 2 aromatic heterocycles. The van der Waals surface area contributed by atoms with E-state index in [-0.39, 0.29) is 11.4 Å². The summed E-state index contributed by atoms with van der Waals surface area (Å²) >= 11 is 0. The Morgan fingerprint density at radius 1 is 1.26 bits per heavy atom. The molecule has 19 heavy (non-hydrogen) atoms. The number of hydrogen-bond donors (Lipinski definition) is 1. The van der Waals surface area contributed by atoms with Crippen molar-refractivity contribution in [2.24, 2.45) is 0 Å². The molecular formula is C13H10N6. The van der Waals surface area contributed by atoms with Crippen molar-refractivity contribution in [2.75, 3.05) is 5.73 Å². The third-order valence-corrected chi connectivity index (χ3v) is 2.83. The van der Waals surface area contributed by atoms with E-state index in [1.165, 1.54) is 10.7 Å². The lowest BCUT2D eigenvalue weighted by atomic mass is 10.1. The van der Waals surface area contributed by atoms with E-state index >= 15 is 0 Å². The number of nitriles is 1. The first kappa shape index (κ1) is 11.2. The van der Waals surface area contributed by atoms with Gasteiger partial charge in [0.25, 0.3) is 5.78 Å². The molecule has 6 nitrogen and oxygen atoms in total. The van der Waals surface area contributed by atoms with Crippen molar-refractivity contribution in [2.45, 2.75) is 6.92 Å². The highest BCUT2D eigenvalue weighted by molar-refractivity contribution is 5.60. The van der Waals surface area contributed by atoms with Gasteiger partial charge >= 0.3 is 0 Å². The van der Waals surface area contributed by atoms with Crippen molar-refractivity contribution in [1.29, 1.82) is 5.26 Å². The van der Waals surface area contributed by atoms with Crippen LogP contribution in [0, 0.1) is 18.3 Å². The smallest absolute Gasteiger partial charge is 0.254 e. The lowest BCUT2D eigenvalue weighted by Crippen LogP contribution is -2.03. The van der Waals surface area contributed by atoms with Crippen LogP contribution in [-0.2, 0) is 0 Å². The van der Waals surface area contributed by atoms with E-state index in [9.17, 15) is 0 Å². The monoisotopic (exact) mass is 250 g/mol. The van der Waals surface area contributed by atoms with Crippen molar-refractivity contribution in [3.8, 4) is 17.5 Å². The minimum absolute atomic E-state index is 0.248. The number of fused-ring (bicyclic) bond motifs is 1. The fourth-order valence-electron chi connectivity index (χ4n) is 1.76. The molecule has 3 rings (SSSR count). The normalized spacial score (nSPS) is 10.5. The van der Waals surface area contributed by atoms with E-state index in [0.29, 0.717) is 11.6 Å². The molecule has 0 atom stereocenters. The summed E-state index contributed by atoms with van der Waals surface area (Å²) in [5.74, 6) is 1.17. The molecule has 0 unspecified atom stereocenters. The highest BCUT2D eigenvalue weighted by Gasteiger charge is 2.11. The molecule has 0 aliphatic carbocycles. The molecule has 0 saturated heterocycles. The average Bonchev–Trinajstić information content (AvgIpc) is 2.85. The molecule has 0 spiro atoms. The second-order valence-electron chi connectivity index (χ2n) is 4.18. The number of anilines is 1. The van der Waals surface area contributed by atoms with E-state index in [1.54, 1.807) is 0 Å². The summed E-state index contributed by atoms with van der Waals surface area (Å²) in [6, 6.07) is 9.81. The lowest BCUT2D eigenvalue weighted by Gasteiger charge is -1.97. The minimum Gasteiger partial charge on any atom is -0.382 e. The van der Waals surface area contributed by atoms with Gasteiger partial charge in [-0.05, 0) is 6.92 Å². The summed E-state index contributed by atoms with van der Waals surface area (Å²) < 4.78 is 1.38. The Morgan fingerprint density at radius 3 is 2.68 bits per heavy atom. The van der Waals surface area contributed by atoms with Crippen LogP contribution in [0.1, 0.15) is 11.1 Å². The fraction of sp³-hybridized carbons (Fsp3) is 0.0769. The summed E-state index contributed by atoms with van der Waals surface area (Å²) in [6.45, 7) is 2.01. The Kier molecular flexibility index (Phi) is 2.39. The molecule has 3 aromatic rings. The van der Waals surface area contributed by atoms with E-state index in [1.807, 2.05) is 37.3 Å².